The van der Waals surface area contributed by atoms with Gasteiger partial charge in [0, 0.05) is 18.0 Å². The van der Waals surface area contributed by atoms with Gasteiger partial charge in [-0.05, 0) is 55.5 Å². The molecular formula is C21H24N2O2S2. The highest BCUT2D eigenvalue weighted by atomic mass is 32.2. The zero-order valence-corrected chi connectivity index (χ0v) is 17.5. The Bertz CT molecular complexity index is 988. The topological polar surface area (TPSA) is 43.6 Å². The van der Waals surface area contributed by atoms with E-state index in [1.807, 2.05) is 37.4 Å². The number of aryl methyl sites for hydroxylation is 1. The van der Waals surface area contributed by atoms with Crippen LogP contribution in [0.15, 0.2) is 52.4 Å². The number of rotatable bonds is 7. The van der Waals surface area contributed by atoms with Crippen LogP contribution in [-0.2, 0) is 22.5 Å². The molecule has 0 radical (unpaired) electrons. The van der Waals surface area contributed by atoms with E-state index in [1.54, 1.807) is 23.1 Å². The normalized spacial score (nSPS) is 12.0. The number of carbonyl (C=O) groups is 1. The molecule has 0 bridgehead atoms. The molecule has 1 amide bonds. The van der Waals surface area contributed by atoms with Gasteiger partial charge < -0.3 is 9.30 Å². The van der Waals surface area contributed by atoms with E-state index in [4.69, 9.17) is 4.74 Å². The van der Waals surface area contributed by atoms with Crippen LogP contribution in [0.2, 0.25) is 0 Å². The van der Waals surface area contributed by atoms with Crippen molar-refractivity contribution in [2.45, 2.75) is 31.7 Å². The summed E-state index contributed by atoms with van der Waals surface area (Å²) in [5.74, 6) is -0.125. The molecule has 2 aromatic carbocycles. The first kappa shape index (κ1) is 19.9. The van der Waals surface area contributed by atoms with E-state index in [2.05, 4.69) is 34.7 Å². The molecule has 142 valence electrons. The van der Waals surface area contributed by atoms with Gasteiger partial charge in [0.2, 0.25) is 0 Å². The summed E-state index contributed by atoms with van der Waals surface area (Å²) in [6.07, 6.45) is 2.35. The number of thioether (sulfide) groups is 1. The molecule has 1 aromatic heterocycles. The molecule has 0 aliphatic rings. The van der Waals surface area contributed by atoms with Crippen molar-refractivity contribution in [2.75, 3.05) is 19.5 Å². The van der Waals surface area contributed by atoms with Gasteiger partial charge in [0.05, 0.1) is 23.2 Å². The molecule has 0 saturated carbocycles. The predicted octanol–water partition coefficient (Wildman–Crippen LogP) is 4.44. The van der Waals surface area contributed by atoms with Crippen LogP contribution in [0.5, 0.6) is 0 Å². The zero-order valence-electron chi connectivity index (χ0n) is 15.9. The van der Waals surface area contributed by atoms with Crippen molar-refractivity contribution in [3.8, 4) is 0 Å². The molecular weight excluding hydrogens is 376 g/mol. The van der Waals surface area contributed by atoms with E-state index in [0.717, 1.165) is 20.6 Å². The molecule has 0 fully saturated rings. The zero-order chi connectivity index (χ0) is 19.2. The lowest BCUT2D eigenvalue weighted by Gasteiger charge is -2.05. The number of aromatic nitrogens is 1. The molecule has 0 saturated heterocycles. The van der Waals surface area contributed by atoms with Crippen LogP contribution in [0.3, 0.4) is 0 Å². The standard InChI is InChI=1S/C21H24N2O2S2/c1-4-25-12-11-23-18-10-5-15(2)13-19(18)27-21(23)22-20(24)14-16-6-8-17(26-3)9-7-16/h5-10,13H,4,11-12,14H2,1-3H3. The van der Waals surface area contributed by atoms with Gasteiger partial charge in [-0.3, -0.25) is 4.79 Å². The van der Waals surface area contributed by atoms with Gasteiger partial charge in [-0.1, -0.05) is 29.5 Å². The van der Waals surface area contributed by atoms with Crippen LogP contribution in [0.1, 0.15) is 18.1 Å². The maximum Gasteiger partial charge on any atom is 0.252 e. The Kier molecular flexibility index (Phi) is 6.88. The molecule has 4 nitrogen and oxygen atoms in total. The van der Waals surface area contributed by atoms with E-state index in [-0.39, 0.29) is 5.91 Å². The molecule has 0 spiro atoms. The monoisotopic (exact) mass is 400 g/mol. The summed E-state index contributed by atoms with van der Waals surface area (Å²) in [4.78, 5) is 18.9. The maximum atomic E-state index is 12.6. The first-order valence-corrected chi connectivity index (χ1v) is 11.0. The summed E-state index contributed by atoms with van der Waals surface area (Å²) in [6.45, 7) is 6.03. The third kappa shape index (κ3) is 5.09. The summed E-state index contributed by atoms with van der Waals surface area (Å²) >= 11 is 3.25. The van der Waals surface area contributed by atoms with Gasteiger partial charge in [-0.2, -0.15) is 4.99 Å². The van der Waals surface area contributed by atoms with Crippen LogP contribution >= 0.6 is 23.1 Å². The number of benzene rings is 2. The average Bonchev–Trinajstić information content (AvgIpc) is 2.98. The second kappa shape index (κ2) is 9.35. The molecule has 0 aliphatic carbocycles. The van der Waals surface area contributed by atoms with Crippen LogP contribution < -0.4 is 4.80 Å². The van der Waals surface area contributed by atoms with Crippen molar-refractivity contribution in [2.24, 2.45) is 4.99 Å². The Morgan fingerprint density at radius 2 is 2.00 bits per heavy atom. The highest BCUT2D eigenvalue weighted by molar-refractivity contribution is 7.98. The minimum absolute atomic E-state index is 0.125. The number of nitrogens with zero attached hydrogens (tertiary/aromatic N) is 2. The lowest BCUT2D eigenvalue weighted by Crippen LogP contribution is -2.20. The van der Waals surface area contributed by atoms with Gasteiger partial charge in [-0.25, -0.2) is 0 Å². The van der Waals surface area contributed by atoms with E-state index in [9.17, 15) is 4.79 Å². The average molecular weight is 401 g/mol. The molecule has 6 heteroatoms. The molecule has 0 unspecified atom stereocenters. The molecule has 27 heavy (non-hydrogen) atoms. The second-order valence-corrected chi connectivity index (χ2v) is 8.12. The van der Waals surface area contributed by atoms with E-state index in [1.165, 1.54) is 10.5 Å². The number of fused-ring (bicyclic) bond motifs is 1. The summed E-state index contributed by atoms with van der Waals surface area (Å²) in [5, 5.41) is 0. The third-order valence-electron chi connectivity index (χ3n) is 4.24. The third-order valence-corrected chi connectivity index (χ3v) is 6.02. The minimum Gasteiger partial charge on any atom is -0.380 e. The Morgan fingerprint density at radius 1 is 1.22 bits per heavy atom. The smallest absolute Gasteiger partial charge is 0.252 e. The highest BCUT2D eigenvalue weighted by Gasteiger charge is 2.09. The number of amides is 1. The minimum atomic E-state index is -0.125. The summed E-state index contributed by atoms with van der Waals surface area (Å²) in [5.41, 5.74) is 3.29. The van der Waals surface area contributed by atoms with E-state index in [0.29, 0.717) is 26.2 Å². The number of hydrogen-bond acceptors (Lipinski definition) is 4. The van der Waals surface area contributed by atoms with E-state index >= 15 is 0 Å². The molecule has 3 rings (SSSR count). The van der Waals surface area contributed by atoms with Gasteiger partial charge in [0.25, 0.3) is 5.91 Å². The van der Waals surface area contributed by atoms with Crippen molar-refractivity contribution < 1.29 is 9.53 Å². The van der Waals surface area contributed by atoms with Gasteiger partial charge >= 0.3 is 0 Å². The Balaban J connectivity index is 1.90. The lowest BCUT2D eigenvalue weighted by atomic mass is 10.1. The molecule has 0 atom stereocenters. The SMILES string of the molecule is CCOCCn1c(=NC(=O)Cc2ccc(SC)cc2)sc2cc(C)ccc21. The maximum absolute atomic E-state index is 12.6. The van der Waals surface area contributed by atoms with Crippen LogP contribution in [0, 0.1) is 6.92 Å². The van der Waals surface area contributed by atoms with Crippen molar-refractivity contribution in [1.82, 2.24) is 4.57 Å². The Labute approximate surface area is 167 Å². The lowest BCUT2D eigenvalue weighted by molar-refractivity contribution is -0.117. The highest BCUT2D eigenvalue weighted by Crippen LogP contribution is 2.19. The van der Waals surface area contributed by atoms with Crippen molar-refractivity contribution in [3.05, 3.63) is 58.4 Å². The largest absolute Gasteiger partial charge is 0.380 e. The molecule has 0 aliphatic heterocycles. The number of hydrogen-bond donors (Lipinski definition) is 0. The predicted molar refractivity (Wildman–Crippen MR) is 114 cm³/mol. The Hall–Kier alpha value is -1.89. The van der Waals surface area contributed by atoms with Crippen LogP contribution in [0.25, 0.3) is 10.2 Å². The summed E-state index contributed by atoms with van der Waals surface area (Å²) in [6, 6.07) is 14.4. The van der Waals surface area contributed by atoms with Gasteiger partial charge in [0.15, 0.2) is 4.80 Å². The van der Waals surface area contributed by atoms with Crippen LogP contribution in [0.4, 0.5) is 0 Å². The fourth-order valence-corrected chi connectivity index (χ4v) is 4.43. The number of carbonyl (C=O) groups excluding carboxylic acids is 1. The fourth-order valence-electron chi connectivity index (χ4n) is 2.85. The molecule has 0 N–H and O–H groups in total. The van der Waals surface area contributed by atoms with E-state index < -0.39 is 0 Å². The first-order chi connectivity index (χ1) is 13.1. The fraction of sp³-hybridized carbons (Fsp3) is 0.333. The van der Waals surface area contributed by atoms with Gasteiger partial charge in [0.1, 0.15) is 0 Å². The van der Waals surface area contributed by atoms with Crippen molar-refractivity contribution in [1.29, 1.82) is 0 Å². The van der Waals surface area contributed by atoms with Crippen molar-refractivity contribution in [3.63, 3.8) is 0 Å². The first-order valence-electron chi connectivity index (χ1n) is 8.99. The Morgan fingerprint density at radius 3 is 2.70 bits per heavy atom. The van der Waals surface area contributed by atoms with Gasteiger partial charge in [-0.15, -0.1) is 11.8 Å². The number of ether oxygens (including phenoxy) is 1. The molecule has 1 heterocycles. The quantitative estimate of drug-likeness (QED) is 0.435. The second-order valence-electron chi connectivity index (χ2n) is 6.23. The van der Waals surface area contributed by atoms with Crippen molar-refractivity contribution >= 4 is 39.2 Å². The summed E-state index contributed by atoms with van der Waals surface area (Å²) in [7, 11) is 0. The summed E-state index contributed by atoms with van der Waals surface area (Å²) < 4.78 is 8.74. The van der Waals surface area contributed by atoms with Crippen LogP contribution in [-0.4, -0.2) is 29.9 Å². The number of thiazole rings is 1. The molecule has 3 aromatic rings.